The van der Waals surface area contributed by atoms with Crippen LogP contribution in [0.4, 0.5) is 0 Å². The van der Waals surface area contributed by atoms with Crippen molar-refractivity contribution in [2.45, 2.75) is 57.9 Å². The van der Waals surface area contributed by atoms with E-state index in [1.54, 1.807) is 24.0 Å². The molecule has 0 unspecified atom stereocenters. The zero-order valence-electron chi connectivity index (χ0n) is 17.3. The van der Waals surface area contributed by atoms with E-state index in [9.17, 15) is 13.2 Å². The molecule has 1 aromatic heterocycles. The molecular formula is C21H29N3O4S. The van der Waals surface area contributed by atoms with Crippen LogP contribution in [0.2, 0.25) is 0 Å². The van der Waals surface area contributed by atoms with E-state index in [1.165, 1.54) is 0 Å². The topological polar surface area (TPSA) is 92.5 Å². The van der Waals surface area contributed by atoms with Crippen LogP contribution >= 0.6 is 0 Å². The van der Waals surface area contributed by atoms with Crippen molar-refractivity contribution in [3.63, 3.8) is 0 Å². The van der Waals surface area contributed by atoms with Crippen LogP contribution < -0.4 is 4.72 Å². The van der Waals surface area contributed by atoms with Gasteiger partial charge in [-0.25, -0.2) is 18.1 Å². The van der Waals surface area contributed by atoms with E-state index in [4.69, 9.17) is 4.42 Å². The number of hydrogen-bond donors (Lipinski definition) is 1. The van der Waals surface area contributed by atoms with Crippen LogP contribution in [0.5, 0.6) is 0 Å². The largest absolute Gasteiger partial charge is 0.444 e. The Balaban J connectivity index is 1.65. The third-order valence-electron chi connectivity index (χ3n) is 5.30. The third-order valence-corrected chi connectivity index (χ3v) is 6.72. The summed E-state index contributed by atoms with van der Waals surface area (Å²) >= 11 is 0. The predicted molar refractivity (Wildman–Crippen MR) is 110 cm³/mol. The fourth-order valence-electron chi connectivity index (χ4n) is 3.45. The van der Waals surface area contributed by atoms with E-state index in [-0.39, 0.29) is 28.9 Å². The fourth-order valence-corrected chi connectivity index (χ4v) is 4.43. The molecule has 1 aliphatic heterocycles. The molecule has 1 saturated heterocycles. The molecule has 0 saturated carbocycles. The van der Waals surface area contributed by atoms with Gasteiger partial charge >= 0.3 is 0 Å². The summed E-state index contributed by atoms with van der Waals surface area (Å²) in [6, 6.07) is 6.84. The summed E-state index contributed by atoms with van der Waals surface area (Å²) in [5.74, 6) is 1.06. The summed E-state index contributed by atoms with van der Waals surface area (Å²) < 4.78 is 33.1. The molecular weight excluding hydrogens is 390 g/mol. The first-order valence-electron chi connectivity index (χ1n) is 10.1. The third kappa shape index (κ3) is 5.25. The SMILES string of the molecule is CCCc1ccc(S(=O)(=O)NCc2nc(C(=O)N3CCC(C)CC3)c(C)o2)cc1. The van der Waals surface area contributed by atoms with E-state index < -0.39 is 10.0 Å². The lowest BCUT2D eigenvalue weighted by Gasteiger charge is -2.29. The number of amides is 1. The first-order chi connectivity index (χ1) is 13.8. The van der Waals surface area contributed by atoms with E-state index in [0.29, 0.717) is 24.8 Å². The quantitative estimate of drug-likeness (QED) is 0.743. The van der Waals surface area contributed by atoms with Crippen LogP contribution in [0.3, 0.4) is 0 Å². The molecule has 158 valence electrons. The van der Waals surface area contributed by atoms with Crippen LogP contribution in [0.25, 0.3) is 0 Å². The number of aryl methyl sites for hydroxylation is 2. The van der Waals surface area contributed by atoms with Crippen molar-refractivity contribution in [3.05, 3.63) is 47.2 Å². The first kappa shape index (κ1) is 21.5. The first-order valence-corrected chi connectivity index (χ1v) is 11.6. The van der Waals surface area contributed by atoms with Crippen LogP contribution in [-0.4, -0.2) is 37.3 Å². The normalized spacial score (nSPS) is 15.6. The molecule has 0 atom stereocenters. The highest BCUT2D eigenvalue weighted by atomic mass is 32.2. The number of likely N-dealkylation sites (tertiary alicyclic amines) is 1. The van der Waals surface area contributed by atoms with E-state index in [1.807, 2.05) is 12.1 Å². The Morgan fingerprint density at radius 2 is 1.90 bits per heavy atom. The Labute approximate surface area is 172 Å². The zero-order valence-corrected chi connectivity index (χ0v) is 18.1. The van der Waals surface area contributed by atoms with Gasteiger partial charge < -0.3 is 9.32 Å². The summed E-state index contributed by atoms with van der Waals surface area (Å²) in [6.45, 7) is 7.26. The number of rotatable bonds is 7. The van der Waals surface area contributed by atoms with Gasteiger partial charge in [0.05, 0.1) is 11.4 Å². The summed E-state index contributed by atoms with van der Waals surface area (Å²) in [5.41, 5.74) is 1.36. The lowest BCUT2D eigenvalue weighted by molar-refractivity contribution is 0.0690. The van der Waals surface area contributed by atoms with Crippen LogP contribution in [0.1, 0.15) is 60.8 Å². The Morgan fingerprint density at radius 1 is 1.24 bits per heavy atom. The lowest BCUT2D eigenvalue weighted by atomic mass is 9.99. The molecule has 0 aliphatic carbocycles. The summed E-state index contributed by atoms with van der Waals surface area (Å²) in [7, 11) is -3.69. The lowest BCUT2D eigenvalue weighted by Crippen LogP contribution is -2.38. The van der Waals surface area contributed by atoms with Crippen molar-refractivity contribution >= 4 is 15.9 Å². The van der Waals surface area contributed by atoms with Crippen molar-refractivity contribution in [1.29, 1.82) is 0 Å². The van der Waals surface area contributed by atoms with Crippen molar-refractivity contribution in [3.8, 4) is 0 Å². The number of oxazole rings is 1. The smallest absolute Gasteiger partial charge is 0.276 e. The molecule has 0 radical (unpaired) electrons. The Morgan fingerprint density at radius 3 is 2.52 bits per heavy atom. The maximum atomic E-state index is 12.7. The average molecular weight is 420 g/mol. The van der Waals surface area contributed by atoms with Gasteiger partial charge in [-0.05, 0) is 49.8 Å². The molecule has 29 heavy (non-hydrogen) atoms. The highest BCUT2D eigenvalue weighted by Crippen LogP contribution is 2.20. The molecule has 3 rings (SSSR count). The van der Waals surface area contributed by atoms with Gasteiger partial charge in [-0.3, -0.25) is 4.79 Å². The molecule has 1 fully saturated rings. The molecule has 1 aliphatic rings. The minimum atomic E-state index is -3.69. The fraction of sp³-hybridized carbons (Fsp3) is 0.524. The molecule has 2 aromatic rings. The molecule has 0 bridgehead atoms. The van der Waals surface area contributed by atoms with Crippen LogP contribution in [0.15, 0.2) is 33.6 Å². The Kier molecular flexibility index (Phi) is 6.74. The van der Waals surface area contributed by atoms with Gasteiger partial charge in [0.25, 0.3) is 5.91 Å². The number of piperidine rings is 1. The van der Waals surface area contributed by atoms with Crippen LogP contribution in [0, 0.1) is 12.8 Å². The van der Waals surface area contributed by atoms with Crippen molar-refractivity contribution in [1.82, 2.24) is 14.6 Å². The number of benzene rings is 1. The minimum absolute atomic E-state index is 0.107. The van der Waals surface area contributed by atoms with Gasteiger partial charge in [-0.15, -0.1) is 0 Å². The van der Waals surface area contributed by atoms with Crippen molar-refractivity contribution in [2.75, 3.05) is 13.1 Å². The number of carbonyl (C=O) groups is 1. The number of nitrogens with zero attached hydrogens (tertiary/aromatic N) is 2. The summed E-state index contributed by atoms with van der Waals surface area (Å²) in [5, 5.41) is 0. The highest BCUT2D eigenvalue weighted by molar-refractivity contribution is 7.89. The number of carbonyl (C=O) groups excluding carboxylic acids is 1. The van der Waals surface area contributed by atoms with E-state index in [0.717, 1.165) is 31.2 Å². The van der Waals surface area contributed by atoms with E-state index >= 15 is 0 Å². The average Bonchev–Trinajstić information content (AvgIpc) is 3.08. The van der Waals surface area contributed by atoms with Gasteiger partial charge in [0.2, 0.25) is 15.9 Å². The molecule has 0 spiro atoms. The molecule has 1 aromatic carbocycles. The van der Waals surface area contributed by atoms with Gasteiger partial charge in [0, 0.05) is 13.1 Å². The predicted octanol–water partition coefficient (Wildman–Crippen LogP) is 3.29. The maximum absolute atomic E-state index is 12.7. The highest BCUT2D eigenvalue weighted by Gasteiger charge is 2.26. The Hall–Kier alpha value is -2.19. The van der Waals surface area contributed by atoms with Crippen molar-refractivity contribution < 1.29 is 17.6 Å². The minimum Gasteiger partial charge on any atom is -0.444 e. The summed E-state index contributed by atoms with van der Waals surface area (Å²) in [4.78, 5) is 18.9. The number of hydrogen-bond acceptors (Lipinski definition) is 5. The second-order valence-electron chi connectivity index (χ2n) is 7.71. The Bertz CT molecular complexity index is 943. The van der Waals surface area contributed by atoms with Crippen molar-refractivity contribution in [2.24, 2.45) is 5.92 Å². The van der Waals surface area contributed by atoms with Gasteiger partial charge in [-0.2, -0.15) is 0 Å². The molecule has 1 N–H and O–H groups in total. The molecule has 2 heterocycles. The maximum Gasteiger partial charge on any atom is 0.276 e. The number of nitrogens with one attached hydrogen (secondary N) is 1. The molecule has 7 nitrogen and oxygen atoms in total. The van der Waals surface area contributed by atoms with E-state index in [2.05, 4.69) is 23.6 Å². The van der Waals surface area contributed by atoms with Gasteiger partial charge in [-0.1, -0.05) is 32.4 Å². The molecule has 8 heteroatoms. The monoisotopic (exact) mass is 419 g/mol. The van der Waals surface area contributed by atoms with Crippen LogP contribution in [-0.2, 0) is 23.0 Å². The molecule has 1 amide bonds. The number of sulfonamides is 1. The van der Waals surface area contributed by atoms with Gasteiger partial charge in [0.15, 0.2) is 5.69 Å². The summed E-state index contributed by atoms with van der Waals surface area (Å²) in [6.07, 6.45) is 3.88. The number of aromatic nitrogens is 1. The second kappa shape index (κ2) is 9.09. The van der Waals surface area contributed by atoms with Gasteiger partial charge in [0.1, 0.15) is 5.76 Å². The second-order valence-corrected chi connectivity index (χ2v) is 9.47. The zero-order chi connectivity index (χ0) is 21.0. The standard InChI is InChI=1S/C21H29N3O4S/c1-4-5-17-6-8-18(9-7-17)29(26,27)22-14-19-23-20(16(3)28-19)21(25)24-12-10-15(2)11-13-24/h6-9,15,22H,4-5,10-14H2,1-3H3.